The van der Waals surface area contributed by atoms with Crippen molar-refractivity contribution in [1.29, 1.82) is 0 Å². The van der Waals surface area contributed by atoms with E-state index in [9.17, 15) is 14.4 Å². The highest BCUT2D eigenvalue weighted by Gasteiger charge is 2.20. The molecule has 2 aromatic carbocycles. The van der Waals surface area contributed by atoms with Crippen LogP contribution in [0.5, 0.6) is 0 Å². The van der Waals surface area contributed by atoms with Crippen molar-refractivity contribution >= 4 is 17.8 Å². The van der Waals surface area contributed by atoms with E-state index >= 15 is 0 Å². The predicted octanol–water partition coefficient (Wildman–Crippen LogP) is 2.28. The van der Waals surface area contributed by atoms with E-state index in [4.69, 9.17) is 4.74 Å². The smallest absolute Gasteiger partial charge is 0.325 e. The van der Waals surface area contributed by atoms with Crippen LogP contribution in [0, 0.1) is 0 Å². The van der Waals surface area contributed by atoms with Crippen molar-refractivity contribution in [2.75, 3.05) is 13.1 Å². The number of hydrogen-bond donors (Lipinski definition) is 1. The van der Waals surface area contributed by atoms with Crippen LogP contribution in [-0.4, -0.2) is 35.8 Å². The van der Waals surface area contributed by atoms with Crippen molar-refractivity contribution in [3.63, 3.8) is 0 Å². The van der Waals surface area contributed by atoms with Gasteiger partial charge in [0.1, 0.15) is 13.2 Å². The summed E-state index contributed by atoms with van der Waals surface area (Å²) < 4.78 is 5.13. The zero-order chi connectivity index (χ0) is 19.1. The number of carbonyl (C=O) groups is 3. The molecular weight excluding hydrogens is 344 g/mol. The van der Waals surface area contributed by atoms with E-state index in [-0.39, 0.29) is 25.0 Å². The molecule has 0 radical (unpaired) electrons. The van der Waals surface area contributed by atoms with E-state index in [0.717, 1.165) is 24.1 Å². The second-order valence-corrected chi connectivity index (χ2v) is 6.44. The number of nitrogens with one attached hydrogen (secondary N) is 1. The van der Waals surface area contributed by atoms with E-state index < -0.39 is 5.97 Å². The molecule has 140 valence electrons. The maximum absolute atomic E-state index is 12.1. The number of carbonyl (C=O) groups excluding carboxylic acids is 3. The molecular formula is C21H22N2O4. The van der Waals surface area contributed by atoms with Gasteiger partial charge in [-0.3, -0.25) is 14.4 Å². The van der Waals surface area contributed by atoms with E-state index in [1.807, 2.05) is 47.4 Å². The number of amides is 2. The molecule has 2 amide bonds. The summed E-state index contributed by atoms with van der Waals surface area (Å²) in [6.07, 6.45) is 1.51. The lowest BCUT2D eigenvalue weighted by Gasteiger charge is -2.15. The van der Waals surface area contributed by atoms with Gasteiger partial charge in [-0.05, 0) is 29.7 Å². The van der Waals surface area contributed by atoms with E-state index in [0.29, 0.717) is 18.5 Å². The van der Waals surface area contributed by atoms with Crippen molar-refractivity contribution in [2.45, 2.75) is 26.0 Å². The fourth-order valence-electron chi connectivity index (χ4n) is 2.90. The van der Waals surface area contributed by atoms with Gasteiger partial charge >= 0.3 is 5.97 Å². The largest absolute Gasteiger partial charge is 0.460 e. The topological polar surface area (TPSA) is 75.7 Å². The normalized spacial score (nSPS) is 13.5. The Labute approximate surface area is 158 Å². The quantitative estimate of drug-likeness (QED) is 0.763. The molecule has 1 fully saturated rings. The van der Waals surface area contributed by atoms with Gasteiger partial charge in [0.25, 0.3) is 5.91 Å². The van der Waals surface area contributed by atoms with Crippen LogP contribution in [0.3, 0.4) is 0 Å². The lowest BCUT2D eigenvalue weighted by Crippen LogP contribution is -2.30. The molecule has 0 aromatic heterocycles. The molecule has 27 heavy (non-hydrogen) atoms. The monoisotopic (exact) mass is 366 g/mol. The number of rotatable bonds is 7. The minimum atomic E-state index is -0.489. The van der Waals surface area contributed by atoms with Gasteiger partial charge in [0.2, 0.25) is 5.91 Å². The second kappa shape index (κ2) is 8.98. The summed E-state index contributed by atoms with van der Waals surface area (Å²) in [5.74, 6) is -0.655. The lowest BCUT2D eigenvalue weighted by molar-refractivity contribution is -0.143. The molecule has 6 nitrogen and oxygen atoms in total. The van der Waals surface area contributed by atoms with Crippen LogP contribution in [-0.2, 0) is 27.5 Å². The van der Waals surface area contributed by atoms with E-state index in [2.05, 4.69) is 5.32 Å². The van der Waals surface area contributed by atoms with Crippen molar-refractivity contribution < 1.29 is 19.1 Å². The molecule has 0 saturated carbocycles. The van der Waals surface area contributed by atoms with Gasteiger partial charge in [-0.15, -0.1) is 0 Å². The highest BCUT2D eigenvalue weighted by Crippen LogP contribution is 2.14. The molecule has 1 N–H and O–H groups in total. The van der Waals surface area contributed by atoms with Gasteiger partial charge in [-0.25, -0.2) is 0 Å². The zero-order valence-electron chi connectivity index (χ0n) is 15.0. The van der Waals surface area contributed by atoms with Crippen LogP contribution in [0.15, 0.2) is 54.6 Å². The molecule has 0 aliphatic carbocycles. The number of ether oxygens (including phenoxy) is 1. The van der Waals surface area contributed by atoms with Crippen LogP contribution in [0.1, 0.15) is 34.3 Å². The van der Waals surface area contributed by atoms with Crippen molar-refractivity contribution in [2.24, 2.45) is 0 Å². The number of nitrogens with zero attached hydrogens (tertiary/aromatic N) is 1. The summed E-state index contributed by atoms with van der Waals surface area (Å²) in [5, 5.41) is 2.56. The van der Waals surface area contributed by atoms with Crippen molar-refractivity contribution in [3.8, 4) is 0 Å². The van der Waals surface area contributed by atoms with Gasteiger partial charge in [-0.1, -0.05) is 42.5 Å². The van der Waals surface area contributed by atoms with Gasteiger partial charge in [0.15, 0.2) is 0 Å². The van der Waals surface area contributed by atoms with Gasteiger partial charge in [0, 0.05) is 25.1 Å². The molecule has 1 heterocycles. The van der Waals surface area contributed by atoms with Crippen LogP contribution >= 0.6 is 0 Å². The minimum Gasteiger partial charge on any atom is -0.460 e. The fraction of sp³-hybridized carbons (Fsp3) is 0.286. The van der Waals surface area contributed by atoms with Crippen LogP contribution in [0.2, 0.25) is 0 Å². The molecule has 1 aliphatic rings. The van der Waals surface area contributed by atoms with Crippen LogP contribution in [0.4, 0.5) is 0 Å². The molecule has 0 atom stereocenters. The first-order chi connectivity index (χ1) is 13.1. The third-order valence-corrected chi connectivity index (χ3v) is 4.40. The maximum atomic E-state index is 12.1. The molecule has 0 bridgehead atoms. The van der Waals surface area contributed by atoms with Gasteiger partial charge in [0.05, 0.1) is 0 Å². The molecule has 6 heteroatoms. The Bertz CT molecular complexity index is 803. The van der Waals surface area contributed by atoms with Crippen molar-refractivity contribution in [3.05, 3.63) is 71.3 Å². The Hall–Kier alpha value is -3.15. The summed E-state index contributed by atoms with van der Waals surface area (Å²) in [6.45, 7) is 1.34. The Morgan fingerprint density at radius 2 is 1.74 bits per heavy atom. The van der Waals surface area contributed by atoms with E-state index in [1.165, 1.54) is 0 Å². The summed E-state index contributed by atoms with van der Waals surface area (Å²) >= 11 is 0. The Morgan fingerprint density at radius 1 is 1.00 bits per heavy atom. The SMILES string of the molecule is O=C(CNC(=O)c1ccc(CN2CCCC2=O)cc1)OCc1ccccc1. The number of hydrogen-bond acceptors (Lipinski definition) is 4. The molecule has 0 spiro atoms. The molecule has 1 saturated heterocycles. The first-order valence-electron chi connectivity index (χ1n) is 8.96. The zero-order valence-corrected chi connectivity index (χ0v) is 15.0. The molecule has 0 unspecified atom stereocenters. The first kappa shape index (κ1) is 18.6. The maximum Gasteiger partial charge on any atom is 0.325 e. The number of likely N-dealkylation sites (tertiary alicyclic amines) is 1. The average molecular weight is 366 g/mol. The first-order valence-corrected chi connectivity index (χ1v) is 8.96. The van der Waals surface area contributed by atoms with Gasteiger partial charge in [-0.2, -0.15) is 0 Å². The highest BCUT2D eigenvalue weighted by atomic mass is 16.5. The Kier molecular flexibility index (Phi) is 6.20. The van der Waals surface area contributed by atoms with Gasteiger partial charge < -0.3 is 15.0 Å². The lowest BCUT2D eigenvalue weighted by atomic mass is 10.1. The summed E-state index contributed by atoms with van der Waals surface area (Å²) in [7, 11) is 0. The molecule has 3 rings (SSSR count). The average Bonchev–Trinajstić information content (AvgIpc) is 3.10. The summed E-state index contributed by atoms with van der Waals surface area (Å²) in [6, 6.07) is 16.4. The highest BCUT2D eigenvalue weighted by molar-refractivity contribution is 5.95. The van der Waals surface area contributed by atoms with Crippen LogP contribution < -0.4 is 5.32 Å². The van der Waals surface area contributed by atoms with E-state index in [1.54, 1.807) is 12.1 Å². The third kappa shape index (κ3) is 5.41. The second-order valence-electron chi connectivity index (χ2n) is 6.44. The summed E-state index contributed by atoms with van der Waals surface area (Å²) in [4.78, 5) is 37.4. The minimum absolute atomic E-state index is 0.172. The standard InChI is InChI=1S/C21H22N2O4/c24-19-7-4-12-23(19)14-16-8-10-18(11-9-16)21(26)22-13-20(25)27-15-17-5-2-1-3-6-17/h1-3,5-6,8-11H,4,7,12-15H2,(H,22,26). The molecule has 2 aromatic rings. The summed E-state index contributed by atoms with van der Waals surface area (Å²) in [5.41, 5.74) is 2.33. The Morgan fingerprint density at radius 3 is 2.41 bits per heavy atom. The van der Waals surface area contributed by atoms with Crippen molar-refractivity contribution in [1.82, 2.24) is 10.2 Å². The fourth-order valence-corrected chi connectivity index (χ4v) is 2.90. The predicted molar refractivity (Wildman–Crippen MR) is 99.7 cm³/mol. The van der Waals surface area contributed by atoms with Crippen LogP contribution in [0.25, 0.3) is 0 Å². The Balaban J connectivity index is 1.43. The molecule has 1 aliphatic heterocycles. The number of benzene rings is 2. The third-order valence-electron chi connectivity index (χ3n) is 4.40. The number of esters is 1.